The predicted molar refractivity (Wildman–Crippen MR) is 105 cm³/mol. The van der Waals surface area contributed by atoms with Crippen LogP contribution in [0.4, 0.5) is 16.2 Å². The van der Waals surface area contributed by atoms with Crippen molar-refractivity contribution in [3.05, 3.63) is 58.1 Å². The first-order chi connectivity index (χ1) is 11.8. The number of carbonyl (C=O) groups is 2. The van der Waals surface area contributed by atoms with E-state index >= 15 is 0 Å². The molecule has 0 saturated carbocycles. The van der Waals surface area contributed by atoms with Crippen LogP contribution < -0.4 is 16.0 Å². The summed E-state index contributed by atoms with van der Waals surface area (Å²) in [6.45, 7) is 6.08. The van der Waals surface area contributed by atoms with Crippen molar-refractivity contribution in [3.8, 4) is 0 Å². The first kappa shape index (κ1) is 19.0. The molecule has 3 N–H and O–H groups in total. The van der Waals surface area contributed by atoms with E-state index in [2.05, 4.69) is 31.9 Å². The van der Waals surface area contributed by atoms with Crippen molar-refractivity contribution in [2.45, 2.75) is 27.3 Å². The lowest BCUT2D eigenvalue weighted by Gasteiger charge is -2.10. The second-order valence-corrected chi connectivity index (χ2v) is 6.97. The van der Waals surface area contributed by atoms with E-state index < -0.39 is 0 Å². The summed E-state index contributed by atoms with van der Waals surface area (Å²) in [6.07, 6.45) is 0. The number of hydrogen-bond donors (Lipinski definition) is 3. The van der Waals surface area contributed by atoms with Crippen molar-refractivity contribution in [1.29, 1.82) is 0 Å². The van der Waals surface area contributed by atoms with Gasteiger partial charge in [0.15, 0.2) is 0 Å². The van der Waals surface area contributed by atoms with Gasteiger partial charge in [-0.1, -0.05) is 48.0 Å². The molecule has 2 aromatic rings. The van der Waals surface area contributed by atoms with Gasteiger partial charge in [-0.2, -0.15) is 0 Å². The molecule has 0 fully saturated rings. The van der Waals surface area contributed by atoms with Crippen LogP contribution in [0.15, 0.2) is 46.9 Å². The monoisotopic (exact) mass is 403 g/mol. The molecule has 2 aromatic carbocycles. The standard InChI is InChI=1S/C19H22BrN3O2/c1-12(2)18(24)22-15-8-5-14(6-9-15)11-21-19(25)23-16-7-4-13(3)17(20)10-16/h4-10,12H,11H2,1-3H3,(H,22,24)(H2,21,23,25). The van der Waals surface area contributed by atoms with E-state index in [1.807, 2.05) is 63.2 Å². The third kappa shape index (κ3) is 5.90. The highest BCUT2D eigenvalue weighted by atomic mass is 79.9. The molecule has 0 saturated heterocycles. The number of carbonyl (C=O) groups excluding carboxylic acids is 2. The van der Waals surface area contributed by atoms with Crippen LogP contribution in [0.1, 0.15) is 25.0 Å². The average Bonchev–Trinajstić information content (AvgIpc) is 2.57. The molecule has 0 bridgehead atoms. The second-order valence-electron chi connectivity index (χ2n) is 6.11. The van der Waals surface area contributed by atoms with Crippen LogP contribution in [-0.4, -0.2) is 11.9 Å². The molecule has 0 spiro atoms. The summed E-state index contributed by atoms with van der Waals surface area (Å²) in [7, 11) is 0. The fraction of sp³-hybridized carbons (Fsp3) is 0.263. The van der Waals surface area contributed by atoms with Gasteiger partial charge in [-0.25, -0.2) is 4.79 Å². The zero-order valence-electron chi connectivity index (χ0n) is 14.5. The van der Waals surface area contributed by atoms with Gasteiger partial charge in [-0.3, -0.25) is 4.79 Å². The summed E-state index contributed by atoms with van der Waals surface area (Å²) >= 11 is 3.44. The lowest BCUT2D eigenvalue weighted by molar-refractivity contribution is -0.118. The Hall–Kier alpha value is -2.34. The predicted octanol–water partition coefficient (Wildman–Crippen LogP) is 4.67. The Balaban J connectivity index is 1.85. The number of aryl methyl sites for hydroxylation is 1. The summed E-state index contributed by atoms with van der Waals surface area (Å²) in [5.41, 5.74) is 3.52. The van der Waals surface area contributed by atoms with Gasteiger partial charge >= 0.3 is 6.03 Å². The molecule has 0 unspecified atom stereocenters. The molecule has 25 heavy (non-hydrogen) atoms. The number of urea groups is 1. The number of benzene rings is 2. The Kier molecular flexibility index (Phi) is 6.58. The second kappa shape index (κ2) is 8.67. The van der Waals surface area contributed by atoms with Gasteiger partial charge in [0, 0.05) is 28.3 Å². The fourth-order valence-electron chi connectivity index (χ4n) is 2.02. The smallest absolute Gasteiger partial charge is 0.319 e. The SMILES string of the molecule is Cc1ccc(NC(=O)NCc2ccc(NC(=O)C(C)C)cc2)cc1Br. The van der Waals surface area contributed by atoms with Crippen molar-refractivity contribution in [3.63, 3.8) is 0 Å². The topological polar surface area (TPSA) is 70.2 Å². The van der Waals surface area contributed by atoms with Gasteiger partial charge in [-0.05, 0) is 42.3 Å². The fourth-order valence-corrected chi connectivity index (χ4v) is 2.40. The normalized spacial score (nSPS) is 10.4. The van der Waals surface area contributed by atoms with Crippen LogP contribution in [0.2, 0.25) is 0 Å². The zero-order valence-corrected chi connectivity index (χ0v) is 16.1. The van der Waals surface area contributed by atoms with E-state index in [1.165, 1.54) is 0 Å². The number of hydrogen-bond acceptors (Lipinski definition) is 2. The van der Waals surface area contributed by atoms with Gasteiger partial charge in [0.1, 0.15) is 0 Å². The average molecular weight is 404 g/mol. The molecule has 0 aromatic heterocycles. The Morgan fingerprint density at radius 2 is 1.64 bits per heavy atom. The number of halogens is 1. The Labute approximate surface area is 156 Å². The summed E-state index contributed by atoms with van der Waals surface area (Å²) in [4.78, 5) is 23.6. The maximum absolute atomic E-state index is 12.0. The summed E-state index contributed by atoms with van der Waals surface area (Å²) in [6, 6.07) is 12.8. The van der Waals surface area contributed by atoms with Gasteiger partial charge < -0.3 is 16.0 Å². The zero-order chi connectivity index (χ0) is 18.4. The molecule has 0 atom stereocenters. The lowest BCUT2D eigenvalue weighted by atomic mass is 10.1. The van der Waals surface area contributed by atoms with E-state index in [0.717, 1.165) is 27.0 Å². The minimum atomic E-state index is -0.270. The van der Waals surface area contributed by atoms with Crippen LogP contribution in [0, 0.1) is 12.8 Å². The highest BCUT2D eigenvalue weighted by Crippen LogP contribution is 2.20. The first-order valence-corrected chi connectivity index (χ1v) is 8.85. The van der Waals surface area contributed by atoms with Gasteiger partial charge in [0.2, 0.25) is 5.91 Å². The van der Waals surface area contributed by atoms with Crippen LogP contribution >= 0.6 is 15.9 Å². The van der Waals surface area contributed by atoms with Crippen LogP contribution in [-0.2, 0) is 11.3 Å². The Morgan fingerprint density at radius 1 is 1.00 bits per heavy atom. The maximum atomic E-state index is 12.0. The van der Waals surface area contributed by atoms with Crippen LogP contribution in [0.5, 0.6) is 0 Å². The van der Waals surface area contributed by atoms with Gasteiger partial charge in [-0.15, -0.1) is 0 Å². The molecule has 0 aliphatic carbocycles. The van der Waals surface area contributed by atoms with Crippen LogP contribution in [0.3, 0.4) is 0 Å². The lowest BCUT2D eigenvalue weighted by Crippen LogP contribution is -2.28. The molecular formula is C19H22BrN3O2. The van der Waals surface area contributed by atoms with E-state index in [0.29, 0.717) is 6.54 Å². The third-order valence-corrected chi connectivity index (χ3v) is 4.48. The number of amides is 3. The highest BCUT2D eigenvalue weighted by Gasteiger charge is 2.07. The summed E-state index contributed by atoms with van der Waals surface area (Å²) < 4.78 is 0.948. The number of rotatable bonds is 5. The largest absolute Gasteiger partial charge is 0.334 e. The van der Waals surface area contributed by atoms with Gasteiger partial charge in [0.05, 0.1) is 0 Å². The molecule has 0 aliphatic rings. The molecule has 0 heterocycles. The number of anilines is 2. The molecule has 0 radical (unpaired) electrons. The molecule has 0 aliphatic heterocycles. The van der Waals surface area contributed by atoms with Crippen molar-refractivity contribution in [1.82, 2.24) is 5.32 Å². The first-order valence-electron chi connectivity index (χ1n) is 8.06. The van der Waals surface area contributed by atoms with E-state index in [9.17, 15) is 9.59 Å². The Bertz CT molecular complexity index is 758. The summed E-state index contributed by atoms with van der Waals surface area (Å²) in [5.74, 6) is -0.0821. The molecule has 132 valence electrons. The van der Waals surface area contributed by atoms with Crippen LogP contribution in [0.25, 0.3) is 0 Å². The molecule has 6 heteroatoms. The van der Waals surface area contributed by atoms with Crippen molar-refractivity contribution >= 4 is 39.2 Å². The molecule has 3 amide bonds. The third-order valence-electron chi connectivity index (χ3n) is 3.63. The van der Waals surface area contributed by atoms with E-state index in [-0.39, 0.29) is 17.9 Å². The van der Waals surface area contributed by atoms with Gasteiger partial charge in [0.25, 0.3) is 0 Å². The van der Waals surface area contributed by atoms with E-state index in [4.69, 9.17) is 0 Å². The van der Waals surface area contributed by atoms with E-state index in [1.54, 1.807) is 0 Å². The van der Waals surface area contributed by atoms with Crippen molar-refractivity contribution in [2.75, 3.05) is 10.6 Å². The summed E-state index contributed by atoms with van der Waals surface area (Å²) in [5, 5.41) is 8.43. The molecule has 5 nitrogen and oxygen atoms in total. The number of nitrogens with one attached hydrogen (secondary N) is 3. The highest BCUT2D eigenvalue weighted by molar-refractivity contribution is 9.10. The molecule has 2 rings (SSSR count). The molecular weight excluding hydrogens is 382 g/mol. The Morgan fingerprint density at radius 3 is 2.24 bits per heavy atom. The minimum Gasteiger partial charge on any atom is -0.334 e. The quantitative estimate of drug-likeness (QED) is 0.678. The minimum absolute atomic E-state index is 0.0190. The van der Waals surface area contributed by atoms with Crippen molar-refractivity contribution < 1.29 is 9.59 Å². The maximum Gasteiger partial charge on any atom is 0.319 e. The van der Waals surface area contributed by atoms with Crippen molar-refractivity contribution in [2.24, 2.45) is 5.92 Å².